The van der Waals surface area contributed by atoms with Crippen molar-refractivity contribution in [2.45, 2.75) is 63.4 Å². The Balaban J connectivity index is 0.00000391. The van der Waals surface area contributed by atoms with Gasteiger partial charge in [-0.3, -0.25) is 4.79 Å². The molecule has 0 aliphatic rings. The van der Waals surface area contributed by atoms with E-state index < -0.39 is 29.0 Å². The predicted octanol–water partition coefficient (Wildman–Crippen LogP) is 5.13. The van der Waals surface area contributed by atoms with Gasteiger partial charge in [-0.1, -0.05) is 87.1 Å². The lowest BCUT2D eigenvalue weighted by Crippen LogP contribution is -2.50. The number of amides is 2. The number of hydroxylamine groups is 2. The van der Waals surface area contributed by atoms with Crippen LogP contribution < -0.4 is 20.2 Å². The Labute approximate surface area is 248 Å². The number of carbonyl (C=O) groups excluding carboxylic acids is 2. The number of aliphatic hydroxyl groups is 1. The molecule has 40 heavy (non-hydrogen) atoms. The molecular formula is C29H43Cl2N3O6. The number of hydrogen-bond donors (Lipinski definition) is 3. The summed E-state index contributed by atoms with van der Waals surface area (Å²) < 4.78 is 10.4. The molecule has 0 radical (unpaired) electrons. The van der Waals surface area contributed by atoms with E-state index in [9.17, 15) is 14.7 Å². The molecule has 0 spiro atoms. The van der Waals surface area contributed by atoms with Crippen LogP contribution in [0.25, 0.3) is 0 Å². The van der Waals surface area contributed by atoms with E-state index in [2.05, 4.69) is 17.6 Å². The molecule has 0 saturated heterocycles. The number of rotatable bonds is 17. The number of unbranched alkanes of at least 4 members (excludes halogenated alkanes) is 2. The summed E-state index contributed by atoms with van der Waals surface area (Å²) in [5, 5.41) is 18.1. The number of aliphatic hydroxyl groups excluding tert-OH is 1. The summed E-state index contributed by atoms with van der Waals surface area (Å²) in [5.41, 5.74) is 0.938. The summed E-state index contributed by atoms with van der Waals surface area (Å²) >= 11 is 11.0. The molecule has 0 bridgehead atoms. The van der Waals surface area contributed by atoms with Crippen LogP contribution >= 0.6 is 23.2 Å². The van der Waals surface area contributed by atoms with Gasteiger partial charge in [-0.2, -0.15) is 0 Å². The first-order chi connectivity index (χ1) is 19.3. The summed E-state index contributed by atoms with van der Waals surface area (Å²) in [6.07, 6.45) is 1.62. The highest BCUT2D eigenvalue weighted by molar-refractivity contribution is 6.53. The van der Waals surface area contributed by atoms with Crippen molar-refractivity contribution in [2.75, 3.05) is 33.4 Å². The van der Waals surface area contributed by atoms with Gasteiger partial charge in [-0.25, -0.2) is 4.79 Å². The summed E-state index contributed by atoms with van der Waals surface area (Å²) in [7, 11) is 1.60. The molecule has 0 heterocycles. The Hall–Kier alpha value is -2.72. The summed E-state index contributed by atoms with van der Waals surface area (Å²) in [6.45, 7) is 6.83. The second-order valence-electron chi connectivity index (χ2n) is 8.60. The van der Waals surface area contributed by atoms with Crippen LogP contribution in [0.5, 0.6) is 11.5 Å². The van der Waals surface area contributed by atoms with E-state index in [1.165, 1.54) is 0 Å². The van der Waals surface area contributed by atoms with Crippen molar-refractivity contribution in [3.05, 3.63) is 60.2 Å². The quantitative estimate of drug-likeness (QED) is 0.131. The molecule has 0 aromatic heterocycles. The van der Waals surface area contributed by atoms with E-state index in [0.29, 0.717) is 24.5 Å². The number of benzene rings is 2. The number of nitrogens with one attached hydrogen (secondary N) is 2. The minimum Gasteiger partial charge on any atom is -0.497 e. The fraction of sp³-hybridized carbons (Fsp3) is 0.517. The van der Waals surface area contributed by atoms with Gasteiger partial charge >= 0.3 is 6.09 Å². The molecule has 0 aliphatic heterocycles. The third kappa shape index (κ3) is 14.6. The highest BCUT2D eigenvalue weighted by Gasteiger charge is 2.26. The number of nitrogens with zero attached hydrogens (tertiary/aromatic N) is 1. The lowest BCUT2D eigenvalue weighted by atomic mass is 10.0. The minimum absolute atomic E-state index is 0.0506. The Morgan fingerprint density at radius 2 is 1.65 bits per heavy atom. The number of ether oxygens (including phenoxy) is 2. The lowest BCUT2D eigenvalue weighted by molar-refractivity contribution is -0.119. The average molecular weight is 601 g/mol. The van der Waals surface area contributed by atoms with Crippen LogP contribution in [-0.2, 0) is 16.0 Å². The third-order valence-corrected chi connectivity index (χ3v) is 5.99. The predicted molar refractivity (Wildman–Crippen MR) is 159 cm³/mol. The second-order valence-corrected chi connectivity index (χ2v) is 9.69. The molecule has 2 rings (SSSR count). The van der Waals surface area contributed by atoms with Crippen LogP contribution in [0.15, 0.2) is 54.6 Å². The highest BCUT2D eigenvalue weighted by atomic mass is 35.5. The van der Waals surface area contributed by atoms with E-state index >= 15 is 0 Å². The molecule has 0 saturated carbocycles. The van der Waals surface area contributed by atoms with Crippen molar-refractivity contribution in [3.8, 4) is 11.5 Å². The molecular weight excluding hydrogens is 557 g/mol. The molecule has 224 valence electrons. The third-order valence-electron chi connectivity index (χ3n) is 5.59. The Morgan fingerprint density at radius 3 is 2.25 bits per heavy atom. The highest BCUT2D eigenvalue weighted by Crippen LogP contribution is 2.19. The molecule has 2 unspecified atom stereocenters. The zero-order valence-corrected chi connectivity index (χ0v) is 25.3. The summed E-state index contributed by atoms with van der Waals surface area (Å²) in [6, 6.07) is 16.1. The van der Waals surface area contributed by atoms with E-state index in [-0.39, 0.29) is 19.7 Å². The second kappa shape index (κ2) is 21.1. The number of alkyl carbamates (subject to hydrolysis) is 1. The molecule has 11 heteroatoms. The molecule has 0 aliphatic carbocycles. The van der Waals surface area contributed by atoms with Crippen molar-refractivity contribution < 1.29 is 29.0 Å². The Morgan fingerprint density at radius 1 is 1.00 bits per heavy atom. The Kier molecular flexibility index (Phi) is 18.6. The number of hydrogen-bond acceptors (Lipinski definition) is 7. The molecule has 9 nitrogen and oxygen atoms in total. The van der Waals surface area contributed by atoms with E-state index in [0.717, 1.165) is 24.8 Å². The van der Waals surface area contributed by atoms with Crippen LogP contribution in [0.1, 0.15) is 45.6 Å². The monoisotopic (exact) mass is 599 g/mol. The van der Waals surface area contributed by atoms with Gasteiger partial charge in [0.1, 0.15) is 18.1 Å². The number of methoxy groups -OCH3 is 1. The zero-order chi connectivity index (χ0) is 29.8. The molecule has 2 amide bonds. The van der Waals surface area contributed by atoms with Crippen LogP contribution in [0.3, 0.4) is 0 Å². The molecule has 2 aromatic rings. The van der Waals surface area contributed by atoms with Crippen molar-refractivity contribution in [1.29, 1.82) is 0 Å². The average Bonchev–Trinajstić information content (AvgIpc) is 2.96. The maximum Gasteiger partial charge on any atom is 0.407 e. The first-order valence-corrected chi connectivity index (χ1v) is 14.5. The topological polar surface area (TPSA) is 109 Å². The van der Waals surface area contributed by atoms with Crippen molar-refractivity contribution in [2.24, 2.45) is 0 Å². The maximum absolute atomic E-state index is 12.5. The minimum atomic E-state index is -1.20. The molecule has 3 N–H and O–H groups in total. The van der Waals surface area contributed by atoms with Gasteiger partial charge in [-0.05, 0) is 42.7 Å². The first kappa shape index (κ1) is 35.3. The van der Waals surface area contributed by atoms with Crippen molar-refractivity contribution in [1.82, 2.24) is 15.7 Å². The van der Waals surface area contributed by atoms with Crippen LogP contribution in [0.4, 0.5) is 4.79 Å². The largest absolute Gasteiger partial charge is 0.497 e. The molecule has 2 atom stereocenters. The van der Waals surface area contributed by atoms with Crippen molar-refractivity contribution >= 4 is 35.2 Å². The van der Waals surface area contributed by atoms with E-state index in [4.69, 9.17) is 37.5 Å². The zero-order valence-electron chi connectivity index (χ0n) is 23.8. The maximum atomic E-state index is 12.5. The van der Waals surface area contributed by atoms with Gasteiger partial charge in [0.25, 0.3) is 5.91 Å². The van der Waals surface area contributed by atoms with Crippen LogP contribution in [-0.4, -0.2) is 72.5 Å². The lowest BCUT2D eigenvalue weighted by Gasteiger charge is -2.29. The van der Waals surface area contributed by atoms with Crippen LogP contribution in [0, 0.1) is 0 Å². The van der Waals surface area contributed by atoms with Gasteiger partial charge < -0.3 is 30.1 Å². The number of carbonyl (C=O) groups is 2. The van der Waals surface area contributed by atoms with Gasteiger partial charge in [0.05, 0.1) is 32.3 Å². The number of halogens is 2. The summed E-state index contributed by atoms with van der Waals surface area (Å²) in [5.74, 6) is 0.750. The Bertz CT molecular complexity index is 951. The standard InChI is InChI=1S/C27H37Cl2N3O6.C2H6/c1-3-4-8-16-32(38-22-13-11-21(36-2)12-14-22)19-24(33)23(18-20-9-6-5-7-10-20)31-27(35)37-17-15-30-26(34)25(28)29;1-2/h5-7,9-14,23-25,33H,3-4,8,15-19H2,1-2H3,(H,30,34)(H,31,35);1-2H3. The smallest absolute Gasteiger partial charge is 0.407 e. The molecule has 0 fully saturated rings. The SMILES string of the molecule is CC.CCCCCN(CC(O)C(Cc1ccccc1)NC(=O)OCCNC(=O)C(Cl)Cl)Oc1ccc(OC)cc1. The van der Waals surface area contributed by atoms with Gasteiger partial charge in [-0.15, -0.1) is 5.06 Å². The fourth-order valence-corrected chi connectivity index (χ4v) is 3.73. The normalized spacial score (nSPS) is 12.1. The summed E-state index contributed by atoms with van der Waals surface area (Å²) in [4.78, 5) is 28.8. The fourth-order valence-electron chi connectivity index (χ4n) is 3.57. The first-order valence-electron chi connectivity index (χ1n) is 13.6. The van der Waals surface area contributed by atoms with E-state index in [1.807, 2.05) is 44.2 Å². The number of alkyl halides is 2. The van der Waals surface area contributed by atoms with Gasteiger partial charge in [0.15, 0.2) is 4.84 Å². The molecule has 2 aromatic carbocycles. The van der Waals surface area contributed by atoms with E-state index in [1.54, 1.807) is 36.4 Å². The van der Waals surface area contributed by atoms with Gasteiger partial charge in [0.2, 0.25) is 0 Å². The van der Waals surface area contributed by atoms with Crippen molar-refractivity contribution in [3.63, 3.8) is 0 Å². The van der Waals surface area contributed by atoms with Crippen LogP contribution in [0.2, 0.25) is 0 Å². The van der Waals surface area contributed by atoms with Gasteiger partial charge in [0, 0.05) is 6.54 Å².